The molecule has 1 aromatic carbocycles. The number of carbonyl (C=O) groups excluding carboxylic acids is 2. The normalized spacial score (nSPS) is 13.9. The molecule has 0 bridgehead atoms. The van der Waals surface area contributed by atoms with Gasteiger partial charge in [-0.05, 0) is 30.3 Å². The average molecular weight is 368 g/mol. The quantitative estimate of drug-likeness (QED) is 0.713. The van der Waals surface area contributed by atoms with Gasteiger partial charge in [0.25, 0.3) is 5.91 Å². The van der Waals surface area contributed by atoms with Crippen molar-refractivity contribution < 1.29 is 18.7 Å². The second-order valence-electron chi connectivity index (χ2n) is 6.44. The van der Waals surface area contributed by atoms with Gasteiger partial charge in [-0.2, -0.15) is 0 Å². The molecule has 2 aromatic heterocycles. The van der Waals surface area contributed by atoms with E-state index in [-0.39, 0.29) is 5.91 Å². The summed E-state index contributed by atoms with van der Waals surface area (Å²) in [5.41, 5.74) is 2.40. The van der Waals surface area contributed by atoms with E-state index >= 15 is 0 Å². The van der Waals surface area contributed by atoms with Crippen molar-refractivity contribution >= 4 is 23.3 Å². The predicted molar refractivity (Wildman–Crippen MR) is 97.3 cm³/mol. The number of hydrogen-bond acceptors (Lipinski definition) is 4. The Morgan fingerprint density at radius 1 is 1.22 bits per heavy atom. The molecule has 1 aliphatic rings. The second kappa shape index (κ2) is 6.39. The summed E-state index contributed by atoms with van der Waals surface area (Å²) in [6.45, 7) is 0.703. The van der Waals surface area contributed by atoms with E-state index in [1.165, 1.54) is 15.9 Å². The highest BCUT2D eigenvalue weighted by atomic mass is 19.1. The van der Waals surface area contributed by atoms with Gasteiger partial charge in [0.1, 0.15) is 23.8 Å². The fraction of sp³-hybridized carbons (Fsp3) is 0.211. The van der Waals surface area contributed by atoms with E-state index in [0.717, 1.165) is 0 Å². The van der Waals surface area contributed by atoms with Crippen molar-refractivity contribution in [3.63, 3.8) is 0 Å². The number of rotatable bonds is 3. The summed E-state index contributed by atoms with van der Waals surface area (Å²) < 4.78 is 21.3. The van der Waals surface area contributed by atoms with E-state index < -0.39 is 11.9 Å². The maximum atomic E-state index is 14.7. The van der Waals surface area contributed by atoms with Gasteiger partial charge in [-0.3, -0.25) is 9.69 Å². The number of benzene rings is 1. The number of amides is 2. The van der Waals surface area contributed by atoms with Crippen LogP contribution < -0.4 is 4.90 Å². The minimum atomic E-state index is -0.472. The Labute approximate surface area is 154 Å². The zero-order valence-corrected chi connectivity index (χ0v) is 14.8. The number of ether oxygens (including phenoxy) is 1. The smallest absolute Gasteiger partial charge is 0.414 e. The summed E-state index contributed by atoms with van der Waals surface area (Å²) in [4.78, 5) is 30.8. The molecule has 2 amide bonds. The Kier molecular flexibility index (Phi) is 4.02. The maximum absolute atomic E-state index is 14.7. The Hall–Kier alpha value is -3.42. The summed E-state index contributed by atoms with van der Waals surface area (Å²) in [7, 11) is 3.32. The van der Waals surface area contributed by atoms with Crippen LogP contribution in [0.15, 0.2) is 42.7 Å². The van der Waals surface area contributed by atoms with Gasteiger partial charge in [0.2, 0.25) is 0 Å². The molecular formula is C19H17FN4O3. The molecule has 0 unspecified atom stereocenters. The van der Waals surface area contributed by atoms with Crippen LogP contribution in [0.3, 0.4) is 0 Å². The Balaban J connectivity index is 1.69. The van der Waals surface area contributed by atoms with Crippen molar-refractivity contribution in [3.05, 3.63) is 54.2 Å². The maximum Gasteiger partial charge on any atom is 0.414 e. The van der Waals surface area contributed by atoms with Gasteiger partial charge in [-0.25, -0.2) is 14.2 Å². The third kappa shape index (κ3) is 2.99. The minimum absolute atomic E-state index is 0.201. The van der Waals surface area contributed by atoms with Gasteiger partial charge < -0.3 is 14.0 Å². The summed E-state index contributed by atoms with van der Waals surface area (Å²) in [5, 5.41) is 0. The predicted octanol–water partition coefficient (Wildman–Crippen LogP) is 2.80. The summed E-state index contributed by atoms with van der Waals surface area (Å²) >= 11 is 0. The number of aromatic nitrogens is 2. The molecule has 0 N–H and O–H groups in total. The highest BCUT2D eigenvalue weighted by Gasteiger charge is 2.24. The van der Waals surface area contributed by atoms with E-state index in [2.05, 4.69) is 4.98 Å². The van der Waals surface area contributed by atoms with Gasteiger partial charge in [0.05, 0.1) is 12.2 Å². The van der Waals surface area contributed by atoms with E-state index in [4.69, 9.17) is 4.74 Å². The lowest BCUT2D eigenvalue weighted by Crippen LogP contribution is -2.23. The van der Waals surface area contributed by atoms with Crippen molar-refractivity contribution in [1.29, 1.82) is 0 Å². The van der Waals surface area contributed by atoms with Crippen LogP contribution in [0.25, 0.3) is 16.8 Å². The number of pyridine rings is 1. The van der Waals surface area contributed by atoms with E-state index in [1.807, 2.05) is 0 Å². The van der Waals surface area contributed by atoms with E-state index in [0.29, 0.717) is 41.3 Å². The molecule has 0 atom stereocenters. The van der Waals surface area contributed by atoms with Crippen molar-refractivity contribution in [2.75, 3.05) is 32.1 Å². The molecule has 1 fully saturated rings. The van der Waals surface area contributed by atoms with Gasteiger partial charge in [-0.1, -0.05) is 0 Å². The van der Waals surface area contributed by atoms with Crippen molar-refractivity contribution in [3.8, 4) is 11.1 Å². The SMILES string of the molecule is CN(C)C(=O)c1cn2cc(-c3ccc(N4CCOC4=O)cc3F)ccc2n1. The van der Waals surface area contributed by atoms with Gasteiger partial charge in [0, 0.05) is 37.6 Å². The molecule has 1 saturated heterocycles. The van der Waals surface area contributed by atoms with Crippen LogP contribution in [0, 0.1) is 5.82 Å². The Morgan fingerprint density at radius 3 is 2.70 bits per heavy atom. The number of fused-ring (bicyclic) bond motifs is 1. The molecule has 138 valence electrons. The standard InChI is InChI=1S/C19H17FN4O3/c1-22(2)18(25)16-11-23-10-12(3-6-17(23)21-16)14-5-4-13(9-15(14)20)24-7-8-27-19(24)26/h3-6,9-11H,7-8H2,1-2H3. The Morgan fingerprint density at radius 2 is 2.04 bits per heavy atom. The van der Waals surface area contributed by atoms with Crippen LogP contribution in [0.5, 0.6) is 0 Å². The average Bonchev–Trinajstić information content (AvgIpc) is 3.26. The summed E-state index contributed by atoms with van der Waals surface area (Å²) in [6, 6.07) is 8.10. The zero-order valence-electron chi connectivity index (χ0n) is 14.8. The first kappa shape index (κ1) is 17.0. The van der Waals surface area contributed by atoms with Gasteiger partial charge in [0.15, 0.2) is 0 Å². The number of carbonyl (C=O) groups is 2. The molecule has 3 aromatic rings. The third-order valence-corrected chi connectivity index (χ3v) is 4.41. The lowest BCUT2D eigenvalue weighted by Gasteiger charge is -2.14. The lowest BCUT2D eigenvalue weighted by molar-refractivity contribution is 0.0822. The fourth-order valence-corrected chi connectivity index (χ4v) is 3.02. The number of hydrogen-bond donors (Lipinski definition) is 0. The molecular weight excluding hydrogens is 351 g/mol. The summed E-state index contributed by atoms with van der Waals surface area (Å²) in [5.74, 6) is -0.649. The van der Waals surface area contributed by atoms with Crippen LogP contribution in [0.4, 0.5) is 14.9 Å². The molecule has 1 aliphatic heterocycles. The summed E-state index contributed by atoms with van der Waals surface area (Å²) in [6.07, 6.45) is 2.87. The lowest BCUT2D eigenvalue weighted by atomic mass is 10.1. The van der Waals surface area contributed by atoms with Gasteiger partial charge >= 0.3 is 6.09 Å². The van der Waals surface area contributed by atoms with Crippen LogP contribution in [0.1, 0.15) is 10.5 Å². The van der Waals surface area contributed by atoms with Crippen molar-refractivity contribution in [1.82, 2.24) is 14.3 Å². The van der Waals surface area contributed by atoms with Crippen LogP contribution in [-0.4, -0.2) is 53.5 Å². The molecule has 0 spiro atoms. The molecule has 0 radical (unpaired) electrons. The highest BCUT2D eigenvalue weighted by Crippen LogP contribution is 2.28. The number of halogens is 1. The van der Waals surface area contributed by atoms with Crippen molar-refractivity contribution in [2.24, 2.45) is 0 Å². The minimum Gasteiger partial charge on any atom is -0.447 e. The first-order chi connectivity index (χ1) is 12.9. The molecule has 3 heterocycles. The Bertz CT molecular complexity index is 1060. The number of cyclic esters (lactones) is 1. The molecule has 8 heteroatoms. The van der Waals surface area contributed by atoms with Crippen LogP contribution in [-0.2, 0) is 4.74 Å². The second-order valence-corrected chi connectivity index (χ2v) is 6.44. The van der Waals surface area contributed by atoms with Crippen molar-refractivity contribution in [2.45, 2.75) is 0 Å². The molecule has 7 nitrogen and oxygen atoms in total. The first-order valence-corrected chi connectivity index (χ1v) is 8.38. The fourth-order valence-electron chi connectivity index (χ4n) is 3.02. The highest BCUT2D eigenvalue weighted by molar-refractivity contribution is 5.92. The molecule has 0 saturated carbocycles. The van der Waals surface area contributed by atoms with Gasteiger partial charge in [-0.15, -0.1) is 0 Å². The zero-order chi connectivity index (χ0) is 19.1. The molecule has 27 heavy (non-hydrogen) atoms. The van der Waals surface area contributed by atoms with E-state index in [1.54, 1.807) is 55.2 Å². The van der Waals surface area contributed by atoms with E-state index in [9.17, 15) is 14.0 Å². The largest absolute Gasteiger partial charge is 0.447 e. The van der Waals surface area contributed by atoms with Crippen LogP contribution >= 0.6 is 0 Å². The number of anilines is 1. The molecule has 0 aliphatic carbocycles. The third-order valence-electron chi connectivity index (χ3n) is 4.41. The number of imidazole rings is 1. The topological polar surface area (TPSA) is 67.2 Å². The molecule has 4 rings (SSSR count). The first-order valence-electron chi connectivity index (χ1n) is 8.38. The number of nitrogens with zero attached hydrogens (tertiary/aromatic N) is 4. The van der Waals surface area contributed by atoms with Crippen LogP contribution in [0.2, 0.25) is 0 Å². The monoisotopic (exact) mass is 368 g/mol.